The van der Waals surface area contributed by atoms with Gasteiger partial charge < -0.3 is 29.7 Å². The summed E-state index contributed by atoms with van der Waals surface area (Å²) in [6.07, 6.45) is 3.49. The van der Waals surface area contributed by atoms with Gasteiger partial charge in [-0.1, -0.05) is 13.3 Å². The molecule has 1 aliphatic heterocycles. The van der Waals surface area contributed by atoms with Crippen molar-refractivity contribution in [2.75, 3.05) is 41.2 Å². The van der Waals surface area contributed by atoms with Gasteiger partial charge in [0.15, 0.2) is 0 Å². The second-order valence-corrected chi connectivity index (χ2v) is 7.37. The van der Waals surface area contributed by atoms with Crippen LogP contribution in [0.25, 0.3) is 0 Å². The van der Waals surface area contributed by atoms with Crippen molar-refractivity contribution >= 4 is 8.80 Å². The fourth-order valence-electron chi connectivity index (χ4n) is 1.33. The summed E-state index contributed by atoms with van der Waals surface area (Å²) in [5, 5.41) is 0. The average Bonchev–Trinajstić information content (AvgIpc) is 3.28. The van der Waals surface area contributed by atoms with Crippen LogP contribution in [0.3, 0.4) is 0 Å². The van der Waals surface area contributed by atoms with Gasteiger partial charge in [0.05, 0.1) is 13.2 Å². The molecule has 116 valence electrons. The van der Waals surface area contributed by atoms with Crippen LogP contribution >= 0.6 is 0 Å². The Morgan fingerprint density at radius 3 is 2.05 bits per heavy atom. The third-order valence-electron chi connectivity index (χ3n) is 2.76. The number of hydrogen-bond donors (Lipinski definition) is 0. The third kappa shape index (κ3) is 11.3. The summed E-state index contributed by atoms with van der Waals surface area (Å²) in [5.74, 6) is 0. The molecule has 1 heterocycles. The molecule has 1 saturated heterocycles. The topological polar surface area (TPSA) is 49.5 Å². The Labute approximate surface area is 137 Å². The van der Waals surface area contributed by atoms with Crippen LogP contribution in [0.5, 0.6) is 0 Å². The minimum absolute atomic E-state index is 0. The smallest absolute Gasteiger partial charge is 0.379 e. The first-order valence-electron chi connectivity index (χ1n) is 6.82. The molecular formula is C13H29LiO5Si. The fourth-order valence-corrected chi connectivity index (χ4v) is 3.02. The monoisotopic (exact) mass is 300 g/mol. The summed E-state index contributed by atoms with van der Waals surface area (Å²) in [6.45, 7) is 7.96. The predicted molar refractivity (Wildman–Crippen MR) is 77.0 cm³/mol. The van der Waals surface area contributed by atoms with E-state index in [-0.39, 0.29) is 18.9 Å². The van der Waals surface area contributed by atoms with Crippen LogP contribution in [-0.2, 0) is 22.8 Å². The van der Waals surface area contributed by atoms with E-state index in [1.165, 1.54) is 6.42 Å². The molecule has 0 bridgehead atoms. The van der Waals surface area contributed by atoms with Crippen LogP contribution in [0.15, 0.2) is 0 Å². The van der Waals surface area contributed by atoms with Crippen LogP contribution in [0.4, 0.5) is 0 Å². The van der Waals surface area contributed by atoms with Gasteiger partial charge in [0, 0.05) is 34.0 Å². The van der Waals surface area contributed by atoms with E-state index >= 15 is 0 Å². The molecule has 1 rings (SSSR count). The zero-order chi connectivity index (χ0) is 14.6. The molecule has 0 spiro atoms. The first-order chi connectivity index (χ1) is 9.17. The van der Waals surface area contributed by atoms with Gasteiger partial charge in [-0.3, -0.25) is 0 Å². The Balaban J connectivity index is 0. The Kier molecular flexibility index (Phi) is 16.6. The maximum atomic E-state index is 5.42. The predicted octanol–water partition coefficient (Wildman–Crippen LogP) is -0.705. The van der Waals surface area contributed by atoms with Crippen molar-refractivity contribution in [3.63, 3.8) is 0 Å². The quantitative estimate of drug-likeness (QED) is 0.231. The first-order valence-corrected chi connectivity index (χ1v) is 8.75. The average molecular weight is 300 g/mol. The van der Waals surface area contributed by atoms with Gasteiger partial charge in [0.25, 0.3) is 0 Å². The summed E-state index contributed by atoms with van der Waals surface area (Å²) in [7, 11) is 2.48. The Hall–Kier alpha value is 0.614. The number of epoxide rings is 1. The van der Waals surface area contributed by atoms with Crippen molar-refractivity contribution in [1.29, 1.82) is 0 Å². The molecule has 1 fully saturated rings. The summed E-state index contributed by atoms with van der Waals surface area (Å²) in [6, 6.07) is 0.780. The molecule has 0 aromatic carbocycles. The number of unbranched alkanes of at least 4 members (excludes halogenated alkanes) is 1. The SMILES string of the molecule is CO[Si](CCCOCC1CO1)(OC)OC.[CH2-]CCC.[Li+]. The maximum Gasteiger partial charge on any atom is 1.00 e. The molecule has 0 aliphatic carbocycles. The molecule has 0 amide bonds. The molecule has 1 atom stereocenters. The minimum Gasteiger partial charge on any atom is -0.379 e. The van der Waals surface area contributed by atoms with E-state index < -0.39 is 8.80 Å². The van der Waals surface area contributed by atoms with Gasteiger partial charge in [0.1, 0.15) is 6.10 Å². The zero-order valence-electron chi connectivity index (χ0n) is 13.8. The van der Waals surface area contributed by atoms with Crippen molar-refractivity contribution in [1.82, 2.24) is 0 Å². The van der Waals surface area contributed by atoms with Crippen molar-refractivity contribution in [2.24, 2.45) is 0 Å². The van der Waals surface area contributed by atoms with E-state index in [0.29, 0.717) is 19.3 Å². The molecule has 0 N–H and O–H groups in total. The Bertz CT molecular complexity index is 191. The number of ether oxygens (including phenoxy) is 2. The van der Waals surface area contributed by atoms with Crippen LogP contribution in [0.2, 0.25) is 6.04 Å². The molecule has 1 unspecified atom stereocenters. The Morgan fingerprint density at radius 1 is 1.20 bits per heavy atom. The zero-order valence-corrected chi connectivity index (χ0v) is 14.8. The molecule has 7 heteroatoms. The maximum absolute atomic E-state index is 5.42. The molecule has 20 heavy (non-hydrogen) atoms. The van der Waals surface area contributed by atoms with Gasteiger partial charge in [0.2, 0.25) is 0 Å². The van der Waals surface area contributed by atoms with Gasteiger partial charge in [-0.2, -0.15) is 6.42 Å². The second-order valence-electron chi connectivity index (χ2n) is 4.28. The standard InChI is InChI=1S/C9H20O5Si.C4H9.Li/c1-10-15(11-2,12-3)6-4-5-13-7-9-8-14-9;1-3-4-2;/h9H,4-8H2,1-3H3;1,3-4H2,2H3;/q;-1;+1. The van der Waals surface area contributed by atoms with E-state index in [0.717, 1.165) is 25.5 Å². The van der Waals surface area contributed by atoms with E-state index in [1.807, 2.05) is 0 Å². The largest absolute Gasteiger partial charge is 1.00 e. The van der Waals surface area contributed by atoms with Crippen LogP contribution < -0.4 is 18.9 Å². The molecule has 0 saturated carbocycles. The van der Waals surface area contributed by atoms with Crippen molar-refractivity contribution in [3.05, 3.63) is 6.92 Å². The van der Waals surface area contributed by atoms with Gasteiger partial charge in [-0.15, -0.1) is 0 Å². The Morgan fingerprint density at radius 2 is 1.70 bits per heavy atom. The second kappa shape index (κ2) is 14.5. The summed E-state index contributed by atoms with van der Waals surface area (Å²) < 4.78 is 26.3. The minimum atomic E-state index is -2.39. The fraction of sp³-hybridized carbons (Fsp3) is 0.923. The summed E-state index contributed by atoms with van der Waals surface area (Å²) in [5.41, 5.74) is 0. The van der Waals surface area contributed by atoms with Gasteiger partial charge >= 0.3 is 27.7 Å². The van der Waals surface area contributed by atoms with Crippen LogP contribution in [0.1, 0.15) is 26.2 Å². The molecule has 5 nitrogen and oxygen atoms in total. The normalized spacial score (nSPS) is 16.9. The van der Waals surface area contributed by atoms with E-state index in [9.17, 15) is 0 Å². The number of rotatable bonds is 10. The molecule has 0 aromatic heterocycles. The molecule has 1 aliphatic rings. The van der Waals surface area contributed by atoms with Crippen molar-refractivity contribution in [2.45, 2.75) is 38.3 Å². The van der Waals surface area contributed by atoms with Crippen LogP contribution in [0, 0.1) is 6.92 Å². The van der Waals surface area contributed by atoms with Gasteiger partial charge in [-0.25, -0.2) is 0 Å². The summed E-state index contributed by atoms with van der Waals surface area (Å²) >= 11 is 0. The van der Waals surface area contributed by atoms with Crippen molar-refractivity contribution < 1.29 is 41.6 Å². The van der Waals surface area contributed by atoms with Crippen molar-refractivity contribution in [3.8, 4) is 0 Å². The van der Waals surface area contributed by atoms with E-state index in [2.05, 4.69) is 13.8 Å². The van der Waals surface area contributed by atoms with E-state index in [1.54, 1.807) is 21.3 Å². The van der Waals surface area contributed by atoms with E-state index in [4.69, 9.17) is 22.8 Å². The number of hydrogen-bond acceptors (Lipinski definition) is 5. The molecular weight excluding hydrogens is 271 g/mol. The molecule has 0 aromatic rings. The van der Waals surface area contributed by atoms with Gasteiger partial charge in [-0.05, 0) is 6.42 Å². The third-order valence-corrected chi connectivity index (χ3v) is 5.60. The molecule has 0 radical (unpaired) electrons. The van der Waals surface area contributed by atoms with Crippen LogP contribution in [-0.4, -0.2) is 56.1 Å². The summed E-state index contributed by atoms with van der Waals surface area (Å²) in [4.78, 5) is 0. The first kappa shape index (κ1) is 22.9.